The fourth-order valence-electron chi connectivity index (χ4n) is 3.61. The Labute approximate surface area is 214 Å². The molecule has 0 saturated carbocycles. The molecule has 176 valence electrons. The number of hydrogen-bond donors (Lipinski definition) is 0. The molecule has 4 rings (SSSR count). The third-order valence-electron chi connectivity index (χ3n) is 5.49. The number of thioether (sulfide) groups is 1. The SMILES string of the molecule is CC(C)(c1ccc(Cl)c(Cl)c1)c1cnc(SCc2ccc(F)cc2Cl)n1-c1cc(F)cc(F)c1. The molecule has 34 heavy (non-hydrogen) atoms. The van der Waals surface area contributed by atoms with Crippen molar-refractivity contribution >= 4 is 46.6 Å². The molecule has 3 aromatic carbocycles. The molecule has 9 heteroatoms. The normalized spacial score (nSPS) is 11.8. The Morgan fingerprint density at radius 1 is 0.824 bits per heavy atom. The number of halogens is 6. The molecule has 0 fully saturated rings. The summed E-state index contributed by atoms with van der Waals surface area (Å²) >= 11 is 19.8. The lowest BCUT2D eigenvalue weighted by atomic mass is 9.81. The van der Waals surface area contributed by atoms with Gasteiger partial charge in [-0.25, -0.2) is 18.2 Å². The van der Waals surface area contributed by atoms with Gasteiger partial charge < -0.3 is 0 Å². The van der Waals surface area contributed by atoms with E-state index in [1.165, 1.54) is 36.0 Å². The topological polar surface area (TPSA) is 17.8 Å². The van der Waals surface area contributed by atoms with E-state index in [4.69, 9.17) is 34.8 Å². The van der Waals surface area contributed by atoms with Crippen LogP contribution in [0.2, 0.25) is 15.1 Å². The van der Waals surface area contributed by atoms with Crippen LogP contribution in [0.25, 0.3) is 5.69 Å². The maximum absolute atomic E-state index is 14.2. The maximum Gasteiger partial charge on any atom is 0.173 e. The van der Waals surface area contributed by atoms with E-state index in [0.29, 0.717) is 37.2 Å². The minimum absolute atomic E-state index is 0.283. The van der Waals surface area contributed by atoms with Gasteiger partial charge in [-0.1, -0.05) is 72.5 Å². The van der Waals surface area contributed by atoms with Gasteiger partial charge in [0, 0.05) is 22.3 Å². The molecule has 0 spiro atoms. The number of hydrogen-bond acceptors (Lipinski definition) is 2. The maximum atomic E-state index is 14.2. The summed E-state index contributed by atoms with van der Waals surface area (Å²) in [6.07, 6.45) is 1.67. The third-order valence-corrected chi connectivity index (χ3v) is 7.58. The molecule has 2 nitrogen and oxygen atoms in total. The second kappa shape index (κ2) is 9.86. The molecule has 0 unspecified atom stereocenters. The highest BCUT2D eigenvalue weighted by atomic mass is 35.5. The molecule has 1 aromatic heterocycles. The van der Waals surface area contributed by atoms with Crippen LogP contribution in [0.5, 0.6) is 0 Å². The Morgan fingerprint density at radius 2 is 1.53 bits per heavy atom. The molecule has 0 radical (unpaired) electrons. The molecular weight excluding hydrogens is 524 g/mol. The van der Waals surface area contributed by atoms with E-state index < -0.39 is 22.9 Å². The number of nitrogens with zero attached hydrogens (tertiary/aromatic N) is 2. The van der Waals surface area contributed by atoms with Crippen LogP contribution in [0.3, 0.4) is 0 Å². The first-order valence-corrected chi connectivity index (χ1v) is 12.2. The first-order chi connectivity index (χ1) is 16.1. The summed E-state index contributed by atoms with van der Waals surface area (Å²) in [6.45, 7) is 3.92. The van der Waals surface area contributed by atoms with E-state index in [2.05, 4.69) is 4.98 Å². The van der Waals surface area contributed by atoms with Gasteiger partial charge in [-0.2, -0.15) is 0 Å². The Kier molecular flexibility index (Phi) is 7.25. The molecule has 4 aromatic rings. The largest absolute Gasteiger partial charge is 0.291 e. The van der Waals surface area contributed by atoms with Gasteiger partial charge in [-0.05, 0) is 47.5 Å². The van der Waals surface area contributed by atoms with Crippen LogP contribution in [-0.2, 0) is 11.2 Å². The van der Waals surface area contributed by atoms with Crippen LogP contribution >= 0.6 is 46.6 Å². The van der Waals surface area contributed by atoms with Crippen molar-refractivity contribution in [1.82, 2.24) is 9.55 Å². The predicted molar refractivity (Wildman–Crippen MR) is 133 cm³/mol. The Balaban J connectivity index is 1.82. The summed E-state index contributed by atoms with van der Waals surface area (Å²) in [5.74, 6) is -1.47. The number of imidazole rings is 1. The summed E-state index contributed by atoms with van der Waals surface area (Å²) < 4.78 is 43.5. The zero-order valence-corrected chi connectivity index (χ0v) is 21.1. The van der Waals surface area contributed by atoms with E-state index in [1.54, 1.807) is 29.0 Å². The standard InChI is InChI=1S/C25H18Cl3F3N2S/c1-25(2,15-4-6-20(26)22(28)7-15)23-12-32-24(33(23)19-9-17(30)8-18(31)10-19)34-13-14-3-5-16(29)11-21(14)27/h3-12H,13H2,1-2H3. The molecule has 0 aliphatic carbocycles. The van der Waals surface area contributed by atoms with Gasteiger partial charge in [0.05, 0.1) is 27.6 Å². The highest BCUT2D eigenvalue weighted by Crippen LogP contribution is 2.39. The summed E-state index contributed by atoms with van der Waals surface area (Å²) in [6, 6.07) is 12.8. The molecule has 0 aliphatic heterocycles. The lowest BCUT2D eigenvalue weighted by Gasteiger charge is -2.28. The van der Waals surface area contributed by atoms with Gasteiger partial charge in [0.25, 0.3) is 0 Å². The summed E-state index contributed by atoms with van der Waals surface area (Å²) in [5.41, 5.74) is 1.86. The monoisotopic (exact) mass is 540 g/mol. The van der Waals surface area contributed by atoms with E-state index >= 15 is 0 Å². The van der Waals surface area contributed by atoms with E-state index in [0.717, 1.165) is 11.6 Å². The molecule has 0 N–H and O–H groups in total. The van der Waals surface area contributed by atoms with Gasteiger partial charge in [-0.3, -0.25) is 4.57 Å². The molecule has 0 amide bonds. The zero-order valence-electron chi connectivity index (χ0n) is 18.1. The second-order valence-corrected chi connectivity index (χ2v) is 10.3. The van der Waals surface area contributed by atoms with Gasteiger partial charge in [0.2, 0.25) is 0 Å². The smallest absolute Gasteiger partial charge is 0.173 e. The van der Waals surface area contributed by atoms with E-state index in [-0.39, 0.29) is 5.69 Å². The van der Waals surface area contributed by atoms with Crippen molar-refractivity contribution < 1.29 is 13.2 Å². The Morgan fingerprint density at radius 3 is 2.18 bits per heavy atom. The van der Waals surface area contributed by atoms with Gasteiger partial charge in [0.1, 0.15) is 17.5 Å². The summed E-state index contributed by atoms with van der Waals surface area (Å²) in [7, 11) is 0. The molecule has 0 bridgehead atoms. The van der Waals surface area contributed by atoms with Crippen LogP contribution in [-0.4, -0.2) is 9.55 Å². The van der Waals surface area contributed by atoms with Crippen molar-refractivity contribution in [1.29, 1.82) is 0 Å². The van der Waals surface area contributed by atoms with Crippen LogP contribution in [0.4, 0.5) is 13.2 Å². The minimum atomic E-state index is -0.709. The first kappa shape index (κ1) is 25.0. The molecule has 0 aliphatic rings. The molecular formula is C25H18Cl3F3N2S. The molecule has 0 atom stereocenters. The summed E-state index contributed by atoms with van der Waals surface area (Å²) in [5, 5.41) is 1.61. The first-order valence-electron chi connectivity index (χ1n) is 10.1. The van der Waals surface area contributed by atoms with Crippen molar-refractivity contribution in [3.8, 4) is 5.69 Å². The number of aromatic nitrogens is 2. The van der Waals surface area contributed by atoms with Crippen LogP contribution in [0.1, 0.15) is 30.7 Å². The predicted octanol–water partition coefficient (Wildman–Crippen LogP) is 8.87. The third kappa shape index (κ3) is 5.10. The van der Waals surface area contributed by atoms with Gasteiger partial charge in [0.15, 0.2) is 5.16 Å². The highest BCUT2D eigenvalue weighted by Gasteiger charge is 2.30. The van der Waals surface area contributed by atoms with Gasteiger partial charge in [-0.15, -0.1) is 0 Å². The van der Waals surface area contributed by atoms with Crippen LogP contribution in [0, 0.1) is 17.5 Å². The van der Waals surface area contributed by atoms with E-state index in [9.17, 15) is 13.2 Å². The average Bonchev–Trinajstić information content (AvgIpc) is 3.19. The van der Waals surface area contributed by atoms with E-state index in [1.807, 2.05) is 19.9 Å². The lowest BCUT2D eigenvalue weighted by molar-refractivity contribution is 0.570. The lowest BCUT2D eigenvalue weighted by Crippen LogP contribution is -2.23. The second-order valence-electron chi connectivity index (χ2n) is 8.17. The molecule has 1 heterocycles. The number of benzene rings is 3. The van der Waals surface area contributed by atoms with Gasteiger partial charge >= 0.3 is 0 Å². The highest BCUT2D eigenvalue weighted by molar-refractivity contribution is 7.98. The quantitative estimate of drug-likeness (QED) is 0.227. The molecule has 0 saturated heterocycles. The fraction of sp³-hybridized carbons (Fsp3) is 0.160. The van der Waals surface area contributed by atoms with Crippen molar-refractivity contribution in [2.45, 2.75) is 30.2 Å². The Bertz CT molecular complexity index is 1350. The van der Waals surface area contributed by atoms with Crippen molar-refractivity contribution in [2.75, 3.05) is 0 Å². The van der Waals surface area contributed by atoms with Crippen LogP contribution < -0.4 is 0 Å². The summed E-state index contributed by atoms with van der Waals surface area (Å²) in [4.78, 5) is 4.55. The van der Waals surface area contributed by atoms with Crippen LogP contribution in [0.15, 0.2) is 66.0 Å². The number of rotatable bonds is 6. The zero-order chi connectivity index (χ0) is 24.6. The Hall–Kier alpha value is -2.12. The van der Waals surface area contributed by atoms with Crippen molar-refractivity contribution in [2.24, 2.45) is 0 Å². The van der Waals surface area contributed by atoms with Crippen molar-refractivity contribution in [3.05, 3.63) is 110 Å². The average molecular weight is 542 g/mol. The fourth-order valence-corrected chi connectivity index (χ4v) is 5.22. The van der Waals surface area contributed by atoms with Crippen molar-refractivity contribution in [3.63, 3.8) is 0 Å². The minimum Gasteiger partial charge on any atom is -0.291 e.